The lowest BCUT2D eigenvalue weighted by molar-refractivity contribution is -0.870. The summed E-state index contributed by atoms with van der Waals surface area (Å²) in [5, 5.41) is 5.50. The molecule has 0 aliphatic rings. The Morgan fingerprint density at radius 3 is 1.93 bits per heavy atom. The van der Waals surface area contributed by atoms with Crippen LogP contribution in [0.15, 0.2) is 30.3 Å². The molecule has 0 heterocycles. The fourth-order valence-electron chi connectivity index (χ4n) is 4.44. The van der Waals surface area contributed by atoms with Gasteiger partial charge in [-0.05, 0) is 12.0 Å². The van der Waals surface area contributed by atoms with Crippen molar-refractivity contribution in [3.63, 3.8) is 0 Å². The SMILES string of the molecule is CCCCCCCCCCCCCCCCOCC(CNC(=O)NCc1ccccc1)OP(=O)(O)OCC[N+](C)(C)C. The third-order valence-electron chi connectivity index (χ3n) is 7.03. The Hall–Kier alpha value is -1.48. The van der Waals surface area contributed by atoms with E-state index in [1.165, 1.54) is 77.0 Å². The summed E-state index contributed by atoms with van der Waals surface area (Å²) in [4.78, 5) is 22.6. The third kappa shape index (κ3) is 24.0. The fraction of sp³-hybridized carbons (Fsp3) is 0.781. The Kier molecular flexibility index (Phi) is 21.9. The number of urea groups is 1. The summed E-state index contributed by atoms with van der Waals surface area (Å²) < 4.78 is 29.5. The summed E-state index contributed by atoms with van der Waals surface area (Å²) >= 11 is 0. The predicted octanol–water partition coefficient (Wildman–Crippen LogP) is 7.19. The van der Waals surface area contributed by atoms with Crippen molar-refractivity contribution in [3.8, 4) is 0 Å². The Labute approximate surface area is 256 Å². The summed E-state index contributed by atoms with van der Waals surface area (Å²) in [6.45, 7) is 3.90. The minimum Gasteiger partial charge on any atom is -0.379 e. The molecule has 0 saturated carbocycles. The van der Waals surface area contributed by atoms with Crippen LogP contribution < -0.4 is 10.6 Å². The number of carbonyl (C=O) groups is 1. The smallest absolute Gasteiger partial charge is 0.379 e. The highest BCUT2D eigenvalue weighted by molar-refractivity contribution is 7.47. The molecule has 3 N–H and O–H groups in total. The quantitative estimate of drug-likeness (QED) is 0.0550. The Morgan fingerprint density at radius 1 is 0.833 bits per heavy atom. The number of phosphoric acid groups is 1. The van der Waals surface area contributed by atoms with Gasteiger partial charge in [0, 0.05) is 19.7 Å². The molecule has 0 spiro atoms. The molecule has 0 aliphatic heterocycles. The van der Waals surface area contributed by atoms with Crippen LogP contribution in [0.1, 0.15) is 102 Å². The molecular weight excluding hydrogens is 553 g/mol. The van der Waals surface area contributed by atoms with E-state index < -0.39 is 20.0 Å². The Bertz CT molecular complexity index is 837. The van der Waals surface area contributed by atoms with Gasteiger partial charge in [-0.1, -0.05) is 121 Å². The minimum absolute atomic E-state index is 0.0165. The normalized spacial score (nSPS) is 13.9. The molecule has 0 bridgehead atoms. The van der Waals surface area contributed by atoms with Crippen molar-refractivity contribution >= 4 is 13.9 Å². The summed E-state index contributed by atoms with van der Waals surface area (Å²) in [7, 11) is 1.60. The molecule has 10 heteroatoms. The van der Waals surface area contributed by atoms with Crippen LogP contribution in [-0.4, -0.2) is 75.6 Å². The van der Waals surface area contributed by atoms with E-state index in [0.717, 1.165) is 18.4 Å². The van der Waals surface area contributed by atoms with Gasteiger partial charge in [-0.15, -0.1) is 0 Å². The van der Waals surface area contributed by atoms with Crippen LogP contribution in [0.5, 0.6) is 0 Å². The van der Waals surface area contributed by atoms with Crippen LogP contribution in [0.3, 0.4) is 0 Å². The second kappa shape index (κ2) is 23.9. The molecule has 42 heavy (non-hydrogen) atoms. The first kappa shape index (κ1) is 38.5. The molecule has 244 valence electrons. The van der Waals surface area contributed by atoms with Gasteiger partial charge in [-0.25, -0.2) is 9.36 Å². The van der Waals surface area contributed by atoms with Gasteiger partial charge in [0.05, 0.1) is 27.7 Å². The largest absolute Gasteiger partial charge is 0.472 e. The van der Waals surface area contributed by atoms with Crippen molar-refractivity contribution in [1.82, 2.24) is 10.6 Å². The van der Waals surface area contributed by atoms with E-state index in [2.05, 4.69) is 17.6 Å². The van der Waals surface area contributed by atoms with Crippen molar-refractivity contribution in [3.05, 3.63) is 35.9 Å². The average Bonchev–Trinajstić information content (AvgIpc) is 2.94. The summed E-state index contributed by atoms with van der Waals surface area (Å²) in [6, 6.07) is 9.19. The van der Waals surface area contributed by atoms with E-state index in [-0.39, 0.29) is 19.8 Å². The van der Waals surface area contributed by atoms with Gasteiger partial charge in [0.25, 0.3) is 0 Å². The van der Waals surface area contributed by atoms with E-state index in [9.17, 15) is 14.3 Å². The van der Waals surface area contributed by atoms with Crippen LogP contribution in [0, 0.1) is 0 Å². The van der Waals surface area contributed by atoms with Crippen molar-refractivity contribution < 1.29 is 32.5 Å². The van der Waals surface area contributed by atoms with Gasteiger partial charge < -0.3 is 24.7 Å². The molecule has 1 aromatic carbocycles. The molecule has 1 rings (SSSR count). The standard InChI is InChI=1S/C32H60N3O6P/c1-5-6-7-8-9-10-11-12-13-14-15-16-17-21-25-39-29-31(41-42(37,38)40-26-24-35(2,3)4)28-34-32(36)33-27-30-22-19-18-20-23-30/h18-20,22-23,31H,5-17,21,24-29H2,1-4H3,(H2-,33,34,36,37,38)/p+1. The lowest BCUT2D eigenvalue weighted by atomic mass is 10.0. The molecular formula is C32H61N3O6P+. The molecule has 0 saturated heterocycles. The third-order valence-corrected chi connectivity index (χ3v) is 8.10. The number of hydrogen-bond acceptors (Lipinski definition) is 5. The van der Waals surface area contributed by atoms with Gasteiger partial charge in [0.2, 0.25) is 0 Å². The highest BCUT2D eigenvalue weighted by Crippen LogP contribution is 2.44. The number of rotatable bonds is 27. The van der Waals surface area contributed by atoms with Crippen molar-refractivity contribution in [2.24, 2.45) is 0 Å². The minimum atomic E-state index is -4.31. The van der Waals surface area contributed by atoms with Crippen LogP contribution in [0.2, 0.25) is 0 Å². The summed E-state index contributed by atoms with van der Waals surface area (Å²) in [5.74, 6) is 0. The van der Waals surface area contributed by atoms with Crippen LogP contribution in [0.4, 0.5) is 4.79 Å². The van der Waals surface area contributed by atoms with E-state index >= 15 is 0 Å². The van der Waals surface area contributed by atoms with Gasteiger partial charge in [-0.3, -0.25) is 9.05 Å². The van der Waals surface area contributed by atoms with E-state index in [1.807, 2.05) is 51.5 Å². The first-order valence-electron chi connectivity index (χ1n) is 16.2. The average molecular weight is 615 g/mol. The second-order valence-electron chi connectivity index (χ2n) is 12.3. The number of phosphoric ester groups is 1. The van der Waals surface area contributed by atoms with Crippen molar-refractivity contribution in [2.45, 2.75) is 109 Å². The second-order valence-corrected chi connectivity index (χ2v) is 13.7. The number of carbonyl (C=O) groups excluding carboxylic acids is 1. The molecule has 2 amide bonds. The topological polar surface area (TPSA) is 106 Å². The first-order chi connectivity index (χ1) is 20.1. The maximum atomic E-state index is 12.6. The van der Waals surface area contributed by atoms with Crippen LogP contribution >= 0.6 is 7.82 Å². The number of hydrogen-bond donors (Lipinski definition) is 3. The number of amides is 2. The zero-order valence-corrected chi connectivity index (χ0v) is 27.9. The summed E-state index contributed by atoms with van der Waals surface area (Å²) in [6.07, 6.45) is 17.2. The number of benzene rings is 1. The van der Waals surface area contributed by atoms with Gasteiger partial charge >= 0.3 is 13.9 Å². The molecule has 2 atom stereocenters. The van der Waals surface area contributed by atoms with Gasteiger partial charge in [0.1, 0.15) is 19.3 Å². The Morgan fingerprint density at radius 2 is 1.38 bits per heavy atom. The maximum absolute atomic E-state index is 12.6. The van der Waals surface area contributed by atoms with Gasteiger partial charge in [-0.2, -0.15) is 0 Å². The number of likely N-dealkylation sites (N-methyl/N-ethyl adjacent to an activating group) is 1. The molecule has 0 aliphatic carbocycles. The van der Waals surface area contributed by atoms with E-state index in [4.69, 9.17) is 13.8 Å². The monoisotopic (exact) mass is 614 g/mol. The fourth-order valence-corrected chi connectivity index (χ4v) is 5.32. The highest BCUT2D eigenvalue weighted by Gasteiger charge is 2.28. The molecule has 0 fully saturated rings. The van der Waals surface area contributed by atoms with Crippen LogP contribution in [0.25, 0.3) is 0 Å². The first-order valence-corrected chi connectivity index (χ1v) is 17.7. The molecule has 0 radical (unpaired) electrons. The molecule has 2 unspecified atom stereocenters. The number of nitrogens with zero attached hydrogens (tertiary/aromatic N) is 1. The predicted molar refractivity (Wildman–Crippen MR) is 171 cm³/mol. The number of ether oxygens (including phenoxy) is 1. The van der Waals surface area contributed by atoms with E-state index in [1.54, 1.807) is 0 Å². The Balaban J connectivity index is 2.28. The van der Waals surface area contributed by atoms with Crippen molar-refractivity contribution in [2.75, 3.05) is 54.1 Å². The number of unbranched alkanes of at least 4 members (excludes halogenated alkanes) is 13. The lowest BCUT2D eigenvalue weighted by Crippen LogP contribution is -2.41. The number of nitrogens with one attached hydrogen (secondary N) is 2. The highest BCUT2D eigenvalue weighted by atomic mass is 31.2. The van der Waals surface area contributed by atoms with Crippen LogP contribution in [-0.2, 0) is 24.9 Å². The van der Waals surface area contributed by atoms with Crippen molar-refractivity contribution in [1.29, 1.82) is 0 Å². The maximum Gasteiger partial charge on any atom is 0.472 e. The lowest BCUT2D eigenvalue weighted by Gasteiger charge is -2.25. The zero-order chi connectivity index (χ0) is 30.9. The summed E-state index contributed by atoms with van der Waals surface area (Å²) in [5.41, 5.74) is 0.974. The molecule has 1 aromatic rings. The van der Waals surface area contributed by atoms with E-state index in [0.29, 0.717) is 24.2 Å². The number of quaternary nitrogens is 1. The molecule has 0 aromatic heterocycles. The molecule has 9 nitrogen and oxygen atoms in total. The zero-order valence-electron chi connectivity index (χ0n) is 27.0. The van der Waals surface area contributed by atoms with Gasteiger partial charge in [0.15, 0.2) is 0 Å².